The molecule has 1 unspecified atom stereocenters. The molecule has 0 aliphatic carbocycles. The molecule has 3 rings (SSSR count). The van der Waals surface area contributed by atoms with E-state index in [2.05, 4.69) is 6.07 Å². The number of hydrogen-bond donors (Lipinski definition) is 1. The number of benzene rings is 2. The van der Waals surface area contributed by atoms with E-state index in [1.54, 1.807) is 37.3 Å². The van der Waals surface area contributed by atoms with Crippen LogP contribution >= 0.6 is 11.6 Å². The largest absolute Gasteiger partial charge is 0.466 e. The molecule has 35 heavy (non-hydrogen) atoms. The Morgan fingerprint density at radius 3 is 2.14 bits per heavy atom. The fourth-order valence-corrected chi connectivity index (χ4v) is 4.18. The first-order valence-corrected chi connectivity index (χ1v) is 10.6. The summed E-state index contributed by atoms with van der Waals surface area (Å²) in [6.45, 7) is 1.65. The molecular formula is C25H22ClN3O6. The molecule has 0 radical (unpaired) electrons. The third-order valence-corrected chi connectivity index (χ3v) is 5.85. The fraction of sp³-hybridized carbons (Fsp3) is 0.200. The van der Waals surface area contributed by atoms with Gasteiger partial charge in [-0.2, -0.15) is 5.26 Å². The molecule has 0 saturated heterocycles. The van der Waals surface area contributed by atoms with Gasteiger partial charge < -0.3 is 19.9 Å². The lowest BCUT2D eigenvalue weighted by atomic mass is 9.80. The Balaban J connectivity index is 2.43. The number of hydrogen-bond acceptors (Lipinski definition) is 9. The van der Waals surface area contributed by atoms with Crippen molar-refractivity contribution in [1.82, 2.24) is 0 Å². The number of ether oxygens (including phenoxy) is 3. The molecule has 0 aromatic heterocycles. The van der Waals surface area contributed by atoms with Crippen LogP contribution in [-0.4, -0.2) is 39.2 Å². The first-order valence-electron chi connectivity index (χ1n) is 10.3. The van der Waals surface area contributed by atoms with Crippen molar-refractivity contribution >= 4 is 35.2 Å². The number of nitrogens with two attached hydrogens (primary N) is 1. The number of rotatable bonds is 5. The maximum absolute atomic E-state index is 13.1. The molecule has 180 valence electrons. The number of carbonyl (C=O) groups excluding carboxylic acids is 3. The lowest BCUT2D eigenvalue weighted by molar-refractivity contribution is -0.139. The van der Waals surface area contributed by atoms with Crippen LogP contribution in [0.15, 0.2) is 65.1 Å². The van der Waals surface area contributed by atoms with Gasteiger partial charge in [-0.25, -0.2) is 14.4 Å². The molecule has 0 bridgehead atoms. The number of esters is 3. The normalized spacial score (nSPS) is 15.4. The minimum Gasteiger partial charge on any atom is -0.466 e. The molecular weight excluding hydrogens is 474 g/mol. The van der Waals surface area contributed by atoms with Gasteiger partial charge in [0.1, 0.15) is 11.5 Å². The summed E-state index contributed by atoms with van der Waals surface area (Å²) in [6, 6.07) is 13.6. The zero-order valence-corrected chi connectivity index (χ0v) is 20.2. The molecule has 2 aromatic rings. The van der Waals surface area contributed by atoms with E-state index in [1.807, 2.05) is 0 Å². The van der Waals surface area contributed by atoms with Crippen molar-refractivity contribution in [3.05, 3.63) is 86.8 Å². The molecule has 1 heterocycles. The molecule has 10 heteroatoms. The smallest absolute Gasteiger partial charge is 0.355 e. The standard InChI is InChI=1S/C25H22ClN3O6/c1-13-10-15(23(30)33-2)17(26)11-18(13)29-21(25(32)35-4)20(24(31)34-3)19(16(12-27)22(29)28)14-8-6-5-7-9-14/h5-11,19H,28H2,1-4H3. The molecule has 0 fully saturated rings. The zero-order valence-electron chi connectivity index (χ0n) is 19.4. The van der Waals surface area contributed by atoms with Crippen LogP contribution in [0.1, 0.15) is 27.4 Å². The van der Waals surface area contributed by atoms with Gasteiger partial charge in [0.05, 0.1) is 60.7 Å². The minimum atomic E-state index is -0.996. The van der Waals surface area contributed by atoms with Crippen LogP contribution in [0.4, 0.5) is 5.69 Å². The highest BCUT2D eigenvalue weighted by atomic mass is 35.5. The second-order valence-electron chi connectivity index (χ2n) is 7.45. The molecule has 0 saturated carbocycles. The van der Waals surface area contributed by atoms with Crippen LogP contribution in [0.5, 0.6) is 0 Å². The predicted molar refractivity (Wildman–Crippen MR) is 127 cm³/mol. The zero-order chi connectivity index (χ0) is 25.9. The average molecular weight is 496 g/mol. The topological polar surface area (TPSA) is 132 Å². The monoisotopic (exact) mass is 495 g/mol. The van der Waals surface area contributed by atoms with Crippen LogP contribution in [-0.2, 0) is 23.8 Å². The lowest BCUT2D eigenvalue weighted by Crippen LogP contribution is -2.41. The van der Waals surface area contributed by atoms with Gasteiger partial charge in [-0.3, -0.25) is 4.90 Å². The number of methoxy groups -OCH3 is 3. The number of carbonyl (C=O) groups is 3. The van der Waals surface area contributed by atoms with Crippen molar-refractivity contribution in [3.8, 4) is 6.07 Å². The van der Waals surface area contributed by atoms with Crippen LogP contribution in [0.25, 0.3) is 0 Å². The number of allylic oxidation sites excluding steroid dienone is 1. The van der Waals surface area contributed by atoms with Gasteiger partial charge in [0.25, 0.3) is 0 Å². The Kier molecular flexibility index (Phi) is 7.47. The summed E-state index contributed by atoms with van der Waals surface area (Å²) in [4.78, 5) is 39.5. The van der Waals surface area contributed by atoms with Gasteiger partial charge in [0.2, 0.25) is 0 Å². The van der Waals surface area contributed by atoms with Crippen molar-refractivity contribution in [3.63, 3.8) is 0 Å². The second kappa shape index (κ2) is 10.3. The van der Waals surface area contributed by atoms with Crippen molar-refractivity contribution in [2.45, 2.75) is 12.8 Å². The van der Waals surface area contributed by atoms with Crippen LogP contribution < -0.4 is 10.6 Å². The Bertz CT molecular complexity index is 1310. The van der Waals surface area contributed by atoms with Gasteiger partial charge in [-0.1, -0.05) is 41.9 Å². The number of nitrogens with zero attached hydrogens (tertiary/aromatic N) is 2. The highest BCUT2D eigenvalue weighted by Gasteiger charge is 2.43. The van der Waals surface area contributed by atoms with E-state index < -0.39 is 23.8 Å². The summed E-state index contributed by atoms with van der Waals surface area (Å²) in [6.07, 6.45) is 0. The van der Waals surface area contributed by atoms with Crippen molar-refractivity contribution in [1.29, 1.82) is 5.26 Å². The lowest BCUT2D eigenvalue weighted by Gasteiger charge is -2.36. The Hall–Kier alpha value is -4.29. The average Bonchev–Trinajstić information content (AvgIpc) is 2.88. The minimum absolute atomic E-state index is 0.0109. The highest BCUT2D eigenvalue weighted by molar-refractivity contribution is 6.34. The molecule has 1 aliphatic rings. The SMILES string of the molecule is COC(=O)C1=C(C(=O)OC)N(c2cc(Cl)c(C(=O)OC)cc2C)C(N)=C(C#N)C1c1ccccc1. The van der Waals surface area contributed by atoms with Gasteiger partial charge in [0.15, 0.2) is 0 Å². The molecule has 2 aromatic carbocycles. The summed E-state index contributed by atoms with van der Waals surface area (Å²) in [5.74, 6) is -3.51. The maximum atomic E-state index is 13.1. The first kappa shape index (κ1) is 25.3. The summed E-state index contributed by atoms with van der Waals surface area (Å²) < 4.78 is 14.8. The molecule has 1 atom stereocenters. The van der Waals surface area contributed by atoms with E-state index in [0.717, 1.165) is 14.2 Å². The summed E-state index contributed by atoms with van der Waals surface area (Å²) in [7, 11) is 3.54. The molecule has 1 aliphatic heterocycles. The quantitative estimate of drug-likeness (QED) is 0.489. The van der Waals surface area contributed by atoms with E-state index in [4.69, 9.17) is 31.5 Å². The molecule has 9 nitrogen and oxygen atoms in total. The predicted octanol–water partition coefficient (Wildman–Crippen LogP) is 3.33. The van der Waals surface area contributed by atoms with E-state index >= 15 is 0 Å². The van der Waals surface area contributed by atoms with Crippen molar-refractivity contribution in [2.24, 2.45) is 5.73 Å². The molecule has 0 spiro atoms. The first-order chi connectivity index (χ1) is 16.7. The van der Waals surface area contributed by atoms with Crippen LogP contribution in [0.2, 0.25) is 5.02 Å². The van der Waals surface area contributed by atoms with E-state index in [1.165, 1.54) is 24.1 Å². The number of anilines is 1. The Morgan fingerprint density at radius 2 is 1.60 bits per heavy atom. The summed E-state index contributed by atoms with van der Waals surface area (Å²) in [5, 5.41) is 10.1. The van der Waals surface area contributed by atoms with Crippen LogP contribution in [0, 0.1) is 18.3 Å². The maximum Gasteiger partial charge on any atom is 0.355 e. The molecule has 0 amide bonds. The van der Waals surface area contributed by atoms with Gasteiger partial charge >= 0.3 is 17.9 Å². The highest BCUT2D eigenvalue weighted by Crippen LogP contribution is 2.44. The number of aryl methyl sites for hydroxylation is 1. The third-order valence-electron chi connectivity index (χ3n) is 5.54. The van der Waals surface area contributed by atoms with Gasteiger partial charge in [-0.15, -0.1) is 0 Å². The second-order valence-corrected chi connectivity index (χ2v) is 7.85. The van der Waals surface area contributed by atoms with Crippen molar-refractivity contribution < 1.29 is 28.6 Å². The van der Waals surface area contributed by atoms with E-state index in [9.17, 15) is 19.6 Å². The third kappa shape index (κ3) is 4.44. The van der Waals surface area contributed by atoms with Gasteiger partial charge in [0, 0.05) is 0 Å². The molecule has 2 N–H and O–H groups in total. The fourth-order valence-electron chi connectivity index (χ4n) is 3.94. The number of nitriles is 1. The Morgan fingerprint density at radius 1 is 1.00 bits per heavy atom. The van der Waals surface area contributed by atoms with Crippen molar-refractivity contribution in [2.75, 3.05) is 26.2 Å². The van der Waals surface area contributed by atoms with Crippen LogP contribution in [0.3, 0.4) is 0 Å². The van der Waals surface area contributed by atoms with E-state index in [0.29, 0.717) is 11.1 Å². The summed E-state index contributed by atoms with van der Waals surface area (Å²) >= 11 is 6.35. The van der Waals surface area contributed by atoms with E-state index in [-0.39, 0.29) is 38.9 Å². The Labute approximate surface area is 206 Å². The number of halogens is 1. The summed E-state index contributed by atoms with van der Waals surface area (Å²) in [5.41, 5.74) is 7.46. The van der Waals surface area contributed by atoms with Gasteiger partial charge in [-0.05, 0) is 30.2 Å².